The highest BCUT2D eigenvalue weighted by Crippen LogP contribution is 2.50. The molecule has 3 N–H and O–H groups in total. The molecule has 0 bridgehead atoms. The van der Waals surface area contributed by atoms with Gasteiger partial charge in [0, 0.05) is 141 Å². The van der Waals surface area contributed by atoms with Crippen LogP contribution in [-0.2, 0) is 9.59 Å². The normalized spacial score (nSPS) is 17.7. The van der Waals surface area contributed by atoms with E-state index in [4.69, 9.17) is 35.3 Å². The van der Waals surface area contributed by atoms with Crippen LogP contribution in [0.3, 0.4) is 0 Å². The van der Waals surface area contributed by atoms with E-state index in [1.165, 1.54) is 36.2 Å². The number of alkyl halides is 3. The smallest absolute Gasteiger partial charge is 0.381 e. The zero-order valence-electron chi connectivity index (χ0n) is 87.2. The van der Waals surface area contributed by atoms with Gasteiger partial charge >= 0.3 is 6.18 Å². The number of imidazole rings is 4. The number of aliphatic hydroxyl groups is 2. The molecular formula is C110H129F3N24O10. The van der Waals surface area contributed by atoms with Crippen LogP contribution in [-0.4, -0.2) is 293 Å². The Balaban J connectivity index is 0.000000140. The van der Waals surface area contributed by atoms with Gasteiger partial charge in [0.15, 0.2) is 28.2 Å². The molecule has 8 amide bonds. The van der Waals surface area contributed by atoms with Crippen molar-refractivity contribution in [2.45, 2.75) is 221 Å². The third-order valence-electron chi connectivity index (χ3n) is 28.2. The Morgan fingerprint density at radius 1 is 0.388 bits per heavy atom. The molecular weight excluding hydrogens is 1870 g/mol. The van der Waals surface area contributed by atoms with Crippen LogP contribution in [0.15, 0.2) is 183 Å². The molecule has 5 fully saturated rings. The van der Waals surface area contributed by atoms with E-state index in [1.54, 1.807) is 102 Å². The van der Waals surface area contributed by atoms with Crippen LogP contribution in [0.2, 0.25) is 0 Å². The minimum atomic E-state index is -4.76. The molecule has 0 radical (unpaired) electrons. The van der Waals surface area contributed by atoms with Crippen LogP contribution >= 0.6 is 0 Å². The van der Waals surface area contributed by atoms with Crippen molar-refractivity contribution >= 4 is 69.8 Å². The van der Waals surface area contributed by atoms with Gasteiger partial charge in [-0.25, -0.2) is 48.0 Å². The van der Waals surface area contributed by atoms with Gasteiger partial charge in [-0.1, -0.05) is 175 Å². The number of hydrogen-bond acceptors (Lipinski definition) is 21. The maximum atomic E-state index is 13.7. The van der Waals surface area contributed by atoms with Gasteiger partial charge in [-0.2, -0.15) is 38.7 Å². The summed E-state index contributed by atoms with van der Waals surface area (Å²) in [5.74, 6) is -2.00. The first-order chi connectivity index (χ1) is 69.2. The maximum absolute atomic E-state index is 13.7. The molecule has 14 heterocycles. The highest BCUT2D eigenvalue weighted by Gasteiger charge is 2.63. The van der Waals surface area contributed by atoms with E-state index >= 15 is 0 Å². The van der Waals surface area contributed by atoms with Gasteiger partial charge in [-0.15, -0.1) is 0 Å². The quantitative estimate of drug-likeness (QED) is 0.0808. The fraction of sp³-hybridized carbons (Fsp3) is 0.427. The van der Waals surface area contributed by atoms with Crippen molar-refractivity contribution < 1.29 is 61.7 Å². The zero-order valence-corrected chi connectivity index (χ0v) is 87.2. The number of aromatic nitrogens is 16. The Morgan fingerprint density at radius 3 is 1.00 bits per heavy atom. The molecule has 10 aromatic heterocycles. The van der Waals surface area contributed by atoms with Crippen molar-refractivity contribution in [1.29, 1.82) is 0 Å². The first-order valence-electron chi connectivity index (χ1n) is 49.8. The molecule has 0 spiro atoms. The summed E-state index contributed by atoms with van der Waals surface area (Å²) in [6, 6.07) is 45.9. The highest BCUT2D eigenvalue weighted by molar-refractivity contribution is 5.98. The van der Waals surface area contributed by atoms with Crippen LogP contribution in [0.1, 0.15) is 263 Å². The van der Waals surface area contributed by atoms with Gasteiger partial charge in [-0.3, -0.25) is 43.5 Å². The molecule has 1 aliphatic carbocycles. The van der Waals surface area contributed by atoms with E-state index in [1.807, 2.05) is 129 Å². The number of fused-ring (bicyclic) bond motifs is 4. The third kappa shape index (κ3) is 22.0. The molecule has 0 unspecified atom stereocenters. The molecule has 0 atom stereocenters. The summed E-state index contributed by atoms with van der Waals surface area (Å²) in [5, 5.41) is 45.5. The van der Waals surface area contributed by atoms with E-state index < -0.39 is 64.2 Å². The average Bonchev–Trinajstić information content (AvgIpc) is 1.76. The standard InChI is InChI=1S/C29H34F3N5O3.C28H31N7O2.C27H31N7O2.C26H33N5O3/c1-17(2)21-12-22(19-8-6-18(3)7-9-19)34-37-15-23(33-24(21)37)26(39)36-11-10-35(16-27(36,4)5)25(38)20-13-28(40,14-20)29(30,31)32;1-18(2)21-14-23(20-8-6-19(3)7-9-20)32-35-15-24(31-25(21)35)27(37)34-13-12-33(16-28(34,4)5)26(36)22-10-11-29-17-30-22;1-17(2)20-14-22(19-8-6-18(3)7-9-19)31-34-15-23(29-24(20)34)26(36)33-13-12-32(16-27(33,4)5)25(35)21-10-11-28-30-21;1-17(2)19-14-20(18-10-8-7-9-11-18)28-31-15-21(27-22(19)31)23(32)30-13-12-29(16-25(30,3)4)24(33)26(5,6)34/h6-9,12,15,17,20,40H,10-11,13-14,16H2,1-5H3;6-11,14-15,17-18H,12-13,16H2,1-5H3;6-11,14-15,17H,12-13,16H2,1-5H3,(H,28,30);7-11,14-15,17,34H,12-13,16H2,1-6H3. The number of carbonyl (C=O) groups is 8. The van der Waals surface area contributed by atoms with Crippen LogP contribution in [0, 0.1) is 26.7 Å². The van der Waals surface area contributed by atoms with Gasteiger partial charge in [0.1, 0.15) is 46.1 Å². The molecule has 770 valence electrons. The fourth-order valence-corrected chi connectivity index (χ4v) is 19.8. The summed E-state index contributed by atoms with van der Waals surface area (Å²) >= 11 is 0. The predicted molar refractivity (Wildman–Crippen MR) is 550 cm³/mol. The van der Waals surface area contributed by atoms with E-state index in [0.29, 0.717) is 110 Å². The lowest BCUT2D eigenvalue weighted by Gasteiger charge is -2.50. The number of carbonyl (C=O) groups excluding carboxylic acids is 8. The summed E-state index contributed by atoms with van der Waals surface area (Å²) in [5.41, 5.74) is 12.7. The van der Waals surface area contributed by atoms with Crippen molar-refractivity contribution in [2.24, 2.45) is 5.92 Å². The molecule has 4 aliphatic heterocycles. The lowest BCUT2D eigenvalue weighted by Crippen LogP contribution is -2.65. The SMILES string of the molecule is CC(C)c1cc(-c2ccccc2)nn2cc(C(=O)N3CCN(C(=O)C(C)(C)O)CC3(C)C)nc12.Cc1ccc(-c2cc(C(C)C)c3nc(C(=O)N4CCN(C(=O)C5CC(O)(C(F)(F)F)C5)CC4(C)C)cn3n2)cc1.Cc1ccc(-c2cc(C(C)C)c3nc(C(=O)N4CCN(C(=O)c5ccn[nH]5)CC4(C)C)cn3n2)cc1.Cc1ccc(-c2cc(C(C)C)c3nc(C(=O)N4CCN(C(=O)c5ccncn5)CC4(C)C)cn3n2)cc1. The Morgan fingerprint density at radius 2 is 0.701 bits per heavy atom. The van der Waals surface area contributed by atoms with E-state index in [-0.39, 0.29) is 90.4 Å². The van der Waals surface area contributed by atoms with E-state index in [2.05, 4.69) is 155 Å². The largest absolute Gasteiger partial charge is 0.417 e. The number of nitrogens with one attached hydrogen (secondary N) is 1. The molecule has 19 rings (SSSR count). The van der Waals surface area contributed by atoms with Crippen molar-refractivity contribution in [2.75, 3.05) is 78.5 Å². The topological polar surface area (TPSA) is 378 Å². The number of benzene rings is 4. The van der Waals surface area contributed by atoms with Crippen molar-refractivity contribution in [3.63, 3.8) is 0 Å². The van der Waals surface area contributed by atoms with Gasteiger partial charge in [0.05, 0.1) is 69.7 Å². The van der Waals surface area contributed by atoms with Gasteiger partial charge in [0.2, 0.25) is 5.91 Å². The average molecular weight is 2000 g/mol. The second kappa shape index (κ2) is 40.9. The third-order valence-corrected chi connectivity index (χ3v) is 28.2. The maximum Gasteiger partial charge on any atom is 0.417 e. The molecule has 1 saturated carbocycles. The predicted octanol–water partition coefficient (Wildman–Crippen LogP) is 15.9. The van der Waals surface area contributed by atoms with Gasteiger partial charge < -0.3 is 49.4 Å². The summed E-state index contributed by atoms with van der Waals surface area (Å²) < 4.78 is 45.9. The molecule has 37 heteroatoms. The Hall–Kier alpha value is -14.9. The minimum absolute atomic E-state index is 0.116. The summed E-state index contributed by atoms with van der Waals surface area (Å²) in [6.45, 7) is 45.3. The van der Waals surface area contributed by atoms with Crippen LogP contribution in [0.25, 0.3) is 67.6 Å². The number of nitrogens with zero attached hydrogens (tertiary/aromatic N) is 23. The summed E-state index contributed by atoms with van der Waals surface area (Å²) in [6.07, 6.45) is 5.22. The van der Waals surface area contributed by atoms with Gasteiger partial charge in [-0.05, 0) is 163 Å². The van der Waals surface area contributed by atoms with Crippen LogP contribution in [0.5, 0.6) is 0 Å². The molecule has 14 aromatic rings. The molecule has 147 heavy (non-hydrogen) atoms. The first-order valence-corrected chi connectivity index (χ1v) is 49.8. The Labute approximate surface area is 851 Å². The fourth-order valence-electron chi connectivity index (χ4n) is 19.8. The second-order valence-electron chi connectivity index (χ2n) is 43.4. The highest BCUT2D eigenvalue weighted by atomic mass is 19.4. The summed E-state index contributed by atoms with van der Waals surface area (Å²) in [4.78, 5) is 146. The second-order valence-corrected chi connectivity index (χ2v) is 43.4. The molecule has 5 aliphatic rings. The van der Waals surface area contributed by atoms with E-state index in [9.17, 15) is 61.7 Å². The van der Waals surface area contributed by atoms with Crippen LogP contribution < -0.4 is 0 Å². The number of aromatic amines is 1. The lowest BCUT2D eigenvalue weighted by molar-refractivity contribution is -0.297. The van der Waals surface area contributed by atoms with Gasteiger partial charge in [0.25, 0.3) is 41.4 Å². The number of halogens is 3. The number of piperazine rings is 4. The first kappa shape index (κ1) is 105. The number of amides is 8. The van der Waals surface area contributed by atoms with E-state index in [0.717, 1.165) is 72.8 Å². The number of hydrogen-bond donors (Lipinski definition) is 3. The van der Waals surface area contributed by atoms with Crippen molar-refractivity contribution in [1.82, 2.24) is 118 Å². The lowest BCUT2D eigenvalue weighted by atomic mass is 9.69. The molecule has 34 nitrogen and oxygen atoms in total. The van der Waals surface area contributed by atoms with Crippen LogP contribution in [0.4, 0.5) is 13.2 Å². The summed E-state index contributed by atoms with van der Waals surface area (Å²) in [7, 11) is 0. The molecule has 4 aromatic carbocycles. The minimum Gasteiger partial charge on any atom is -0.381 e. The Bertz CT molecular complexity index is 7280. The zero-order chi connectivity index (χ0) is 106. The molecule has 4 saturated heterocycles. The number of H-pyrrole nitrogens is 1. The monoisotopic (exact) mass is 2000 g/mol. The van der Waals surface area contributed by atoms with Crippen molar-refractivity contribution in [3.8, 4) is 45.0 Å². The number of rotatable bonds is 16. The Kier molecular flexibility index (Phi) is 29.2. The number of aryl methyl sites for hydroxylation is 3. The van der Waals surface area contributed by atoms with Crippen molar-refractivity contribution in [3.05, 3.63) is 256 Å².